The van der Waals surface area contributed by atoms with Gasteiger partial charge in [-0.05, 0) is 31.5 Å². The molecule has 3 rings (SSSR count). The van der Waals surface area contributed by atoms with Gasteiger partial charge in [0.1, 0.15) is 5.75 Å². The maximum atomic E-state index is 12.2. The van der Waals surface area contributed by atoms with Crippen molar-refractivity contribution in [1.29, 1.82) is 0 Å². The smallest absolute Gasteiger partial charge is 0.325 e. The van der Waals surface area contributed by atoms with E-state index in [1.165, 1.54) is 21.0 Å². The van der Waals surface area contributed by atoms with Crippen LogP contribution in [0.5, 0.6) is 5.75 Å². The molecule has 0 aliphatic carbocycles. The normalized spacial score (nSPS) is 11.4. The van der Waals surface area contributed by atoms with Gasteiger partial charge in [0, 0.05) is 17.9 Å². The zero-order valence-electron chi connectivity index (χ0n) is 18.6. The average molecular weight is 531 g/mol. The molecule has 0 bridgehead atoms. The minimum absolute atomic E-state index is 0.00430. The van der Waals surface area contributed by atoms with Gasteiger partial charge in [-0.1, -0.05) is 12.1 Å². The predicted octanol–water partition coefficient (Wildman–Crippen LogP) is -2.12. The van der Waals surface area contributed by atoms with Crippen molar-refractivity contribution in [2.45, 2.75) is 30.2 Å². The van der Waals surface area contributed by atoms with E-state index in [1.54, 1.807) is 29.2 Å². The van der Waals surface area contributed by atoms with Gasteiger partial charge in [-0.2, -0.15) is 0 Å². The highest BCUT2D eigenvalue weighted by molar-refractivity contribution is 7.89. The van der Waals surface area contributed by atoms with Gasteiger partial charge in [0.2, 0.25) is 20.0 Å². The maximum absolute atomic E-state index is 12.2. The topological polar surface area (TPSA) is 247 Å². The first-order valence-corrected chi connectivity index (χ1v) is 12.5. The summed E-state index contributed by atoms with van der Waals surface area (Å²) in [5, 5.41) is 4.74. The molecule has 0 saturated carbocycles. The number of hydrogen-bond donors (Lipinski definition) is 6. The Bertz CT molecular complexity index is 1670. The number of primary sulfonamides is 1. The van der Waals surface area contributed by atoms with Crippen molar-refractivity contribution < 1.29 is 21.6 Å². The molecule has 0 radical (unpaired) electrons. The molecule has 2 heterocycles. The standard InChI is InChI=1S/C13H15N3O5S.C5H7N3O4S/c1-8-11(12(17)16-13(18)15-8)22(19,20)14-7-9-3-5-10(21-2)6-4-9;1-2-3(13(6,11)12)4(9)8-5(10)7-2/h3-6,14H,7H2,1-2H3,(H2,15,16,17,18);1H3,(H2,6,11,12)(H2,7,8,9,10). The fraction of sp³-hybridized carbons (Fsp3) is 0.222. The SMILES string of the molecule is COc1ccc(CNS(=O)(=O)c2c(C)[nH]c(=O)[nH]c2=O)cc1.Cc1[nH]c(=O)[nH]c(=O)c1S(N)(=O)=O. The maximum Gasteiger partial charge on any atom is 0.325 e. The Hall–Kier alpha value is -3.80. The van der Waals surface area contributed by atoms with Gasteiger partial charge in [0.25, 0.3) is 11.1 Å². The Morgan fingerprint density at radius 1 is 0.800 bits per heavy atom. The molecular weight excluding hydrogens is 508 g/mol. The molecule has 3 aromatic rings. The van der Waals surface area contributed by atoms with Crippen LogP contribution in [-0.2, 0) is 26.6 Å². The van der Waals surface area contributed by atoms with Crippen molar-refractivity contribution in [1.82, 2.24) is 24.7 Å². The van der Waals surface area contributed by atoms with E-state index in [9.17, 15) is 36.0 Å². The predicted molar refractivity (Wildman–Crippen MR) is 123 cm³/mol. The van der Waals surface area contributed by atoms with E-state index < -0.39 is 52.3 Å². The number of H-pyrrole nitrogens is 4. The van der Waals surface area contributed by atoms with Gasteiger partial charge >= 0.3 is 11.4 Å². The van der Waals surface area contributed by atoms with Crippen LogP contribution in [0.2, 0.25) is 0 Å². The first-order chi connectivity index (χ1) is 16.2. The summed E-state index contributed by atoms with van der Waals surface area (Å²) in [6.07, 6.45) is 0. The lowest BCUT2D eigenvalue weighted by molar-refractivity contribution is 0.414. The second-order valence-electron chi connectivity index (χ2n) is 6.94. The third-order valence-electron chi connectivity index (χ3n) is 4.33. The number of nitrogens with two attached hydrogens (primary N) is 1. The van der Waals surface area contributed by atoms with Crippen molar-refractivity contribution >= 4 is 20.0 Å². The third-order valence-corrected chi connectivity index (χ3v) is 6.94. The number of methoxy groups -OCH3 is 1. The van der Waals surface area contributed by atoms with Crippen LogP contribution in [-0.4, -0.2) is 43.9 Å². The first-order valence-electron chi connectivity index (χ1n) is 9.47. The number of aryl methyl sites for hydroxylation is 2. The fourth-order valence-corrected chi connectivity index (χ4v) is 4.87. The van der Waals surface area contributed by atoms with E-state index in [4.69, 9.17) is 9.88 Å². The summed E-state index contributed by atoms with van der Waals surface area (Å²) < 4.78 is 53.4. The number of nitrogens with one attached hydrogen (secondary N) is 5. The lowest BCUT2D eigenvalue weighted by Crippen LogP contribution is -2.34. The Labute approximate surface area is 197 Å². The summed E-state index contributed by atoms with van der Waals surface area (Å²) in [5.74, 6) is 0.652. The third kappa shape index (κ3) is 7.09. The molecular formula is C18H22N6O9S2. The van der Waals surface area contributed by atoms with E-state index in [0.29, 0.717) is 11.3 Å². The summed E-state index contributed by atoms with van der Waals surface area (Å²) >= 11 is 0. The summed E-state index contributed by atoms with van der Waals surface area (Å²) in [6.45, 7) is 2.62. The number of benzene rings is 1. The van der Waals surface area contributed by atoms with Crippen LogP contribution >= 0.6 is 0 Å². The van der Waals surface area contributed by atoms with Crippen LogP contribution in [0.4, 0.5) is 0 Å². The number of hydrogen-bond acceptors (Lipinski definition) is 9. The van der Waals surface area contributed by atoms with E-state index in [1.807, 2.05) is 4.98 Å². The van der Waals surface area contributed by atoms with E-state index >= 15 is 0 Å². The number of ether oxygens (including phenoxy) is 1. The monoisotopic (exact) mass is 530 g/mol. The van der Waals surface area contributed by atoms with Gasteiger partial charge in [-0.15, -0.1) is 0 Å². The average Bonchev–Trinajstić information content (AvgIpc) is 2.70. The lowest BCUT2D eigenvalue weighted by atomic mass is 10.2. The molecule has 0 atom stereocenters. The van der Waals surface area contributed by atoms with Crippen LogP contribution < -0.4 is 37.1 Å². The van der Waals surface area contributed by atoms with Gasteiger partial charge < -0.3 is 14.7 Å². The number of aromatic amines is 4. The molecule has 190 valence electrons. The zero-order chi connectivity index (χ0) is 26.6. The van der Waals surface area contributed by atoms with Crippen LogP contribution in [0.3, 0.4) is 0 Å². The Balaban J connectivity index is 0.000000283. The first kappa shape index (κ1) is 27.4. The van der Waals surface area contributed by atoms with Gasteiger partial charge in [0.05, 0.1) is 7.11 Å². The van der Waals surface area contributed by atoms with Gasteiger partial charge in [0.15, 0.2) is 9.79 Å². The van der Waals surface area contributed by atoms with E-state index in [-0.39, 0.29) is 17.9 Å². The van der Waals surface area contributed by atoms with Gasteiger partial charge in [-0.25, -0.2) is 36.3 Å². The molecule has 0 aliphatic rings. The number of aromatic nitrogens is 4. The summed E-state index contributed by atoms with van der Waals surface area (Å²) in [7, 11) is -6.61. The molecule has 0 saturated heterocycles. The quantitative estimate of drug-likeness (QED) is 0.203. The largest absolute Gasteiger partial charge is 0.497 e. The number of sulfonamides is 2. The zero-order valence-corrected chi connectivity index (χ0v) is 20.2. The lowest BCUT2D eigenvalue weighted by Gasteiger charge is -2.08. The number of rotatable bonds is 6. The molecule has 0 aliphatic heterocycles. The second kappa shape index (κ2) is 10.6. The fourth-order valence-electron chi connectivity index (χ4n) is 2.84. The van der Waals surface area contributed by atoms with E-state index in [0.717, 1.165) is 0 Å². The summed E-state index contributed by atoms with van der Waals surface area (Å²) in [6, 6.07) is 6.79. The Morgan fingerprint density at radius 2 is 1.26 bits per heavy atom. The molecule has 35 heavy (non-hydrogen) atoms. The molecule has 15 nitrogen and oxygen atoms in total. The molecule has 1 aromatic carbocycles. The molecule has 17 heteroatoms. The van der Waals surface area contributed by atoms with E-state index in [2.05, 4.69) is 14.7 Å². The van der Waals surface area contributed by atoms with Crippen LogP contribution in [0, 0.1) is 13.8 Å². The molecule has 7 N–H and O–H groups in total. The Kier molecular flexibility index (Phi) is 8.34. The van der Waals surface area contributed by atoms with Gasteiger partial charge in [-0.3, -0.25) is 19.6 Å². The van der Waals surface area contributed by atoms with Crippen molar-refractivity contribution in [3.8, 4) is 5.75 Å². The summed E-state index contributed by atoms with van der Waals surface area (Å²) in [5.41, 5.74) is -2.88. The van der Waals surface area contributed by atoms with Crippen molar-refractivity contribution in [3.63, 3.8) is 0 Å². The highest BCUT2D eigenvalue weighted by Crippen LogP contribution is 2.12. The highest BCUT2D eigenvalue weighted by atomic mass is 32.2. The minimum Gasteiger partial charge on any atom is -0.497 e. The van der Waals surface area contributed by atoms with Crippen molar-refractivity contribution in [2.24, 2.45) is 5.14 Å². The molecule has 2 aromatic heterocycles. The second-order valence-corrected chi connectivity index (χ2v) is 10.1. The minimum atomic E-state index is -4.09. The summed E-state index contributed by atoms with van der Waals surface area (Å²) in [4.78, 5) is 51.3. The molecule has 0 amide bonds. The van der Waals surface area contributed by atoms with Crippen LogP contribution in [0.15, 0.2) is 53.2 Å². The molecule has 0 unspecified atom stereocenters. The van der Waals surface area contributed by atoms with Crippen molar-refractivity contribution in [3.05, 3.63) is 82.9 Å². The Morgan fingerprint density at radius 3 is 1.66 bits per heavy atom. The van der Waals surface area contributed by atoms with Crippen LogP contribution in [0.1, 0.15) is 17.0 Å². The molecule has 0 spiro atoms. The van der Waals surface area contributed by atoms with Crippen molar-refractivity contribution in [2.75, 3.05) is 7.11 Å². The molecule has 0 fully saturated rings. The highest BCUT2D eigenvalue weighted by Gasteiger charge is 2.22. The van der Waals surface area contributed by atoms with Crippen LogP contribution in [0.25, 0.3) is 0 Å².